The zero-order chi connectivity index (χ0) is 13.4. The molecule has 0 amide bonds. The minimum absolute atomic E-state index is 0.0620. The second kappa shape index (κ2) is 4.99. The van der Waals surface area contributed by atoms with E-state index in [-0.39, 0.29) is 5.78 Å². The highest BCUT2D eigenvalue weighted by Gasteiger charge is 2.28. The zero-order valence-corrected chi connectivity index (χ0v) is 11.7. The number of ketones is 1. The van der Waals surface area contributed by atoms with Gasteiger partial charge >= 0.3 is 0 Å². The Morgan fingerprint density at radius 3 is 2.68 bits per heavy atom. The summed E-state index contributed by atoms with van der Waals surface area (Å²) < 4.78 is 0. The number of carbonyl (C=O) groups is 1. The van der Waals surface area contributed by atoms with Crippen LogP contribution in [0, 0.1) is 0 Å². The predicted molar refractivity (Wildman–Crippen MR) is 78.3 cm³/mol. The molecule has 0 heterocycles. The lowest BCUT2D eigenvalue weighted by atomic mass is 9.74. The van der Waals surface area contributed by atoms with Crippen molar-refractivity contribution in [2.24, 2.45) is 0 Å². The molecular weight excluding hydrogens is 279 g/mol. The summed E-state index contributed by atoms with van der Waals surface area (Å²) in [6.45, 7) is 0. The molecule has 0 saturated carbocycles. The van der Waals surface area contributed by atoms with Gasteiger partial charge in [0.1, 0.15) is 0 Å². The van der Waals surface area contributed by atoms with E-state index in [1.807, 2.05) is 12.1 Å². The molecule has 0 aliphatic heterocycles. The van der Waals surface area contributed by atoms with E-state index in [2.05, 4.69) is 12.1 Å². The molecule has 2 aromatic carbocycles. The van der Waals surface area contributed by atoms with E-state index >= 15 is 0 Å². The molecule has 1 unspecified atom stereocenters. The predicted octanol–water partition coefficient (Wildman–Crippen LogP) is 4.91. The monoisotopic (exact) mass is 290 g/mol. The second-order valence-corrected chi connectivity index (χ2v) is 5.61. The Morgan fingerprint density at radius 1 is 1.11 bits per heavy atom. The molecule has 19 heavy (non-hydrogen) atoms. The first-order chi connectivity index (χ1) is 9.16. The Hall–Kier alpha value is -1.31. The highest BCUT2D eigenvalue weighted by atomic mass is 35.5. The smallest absolute Gasteiger partial charge is 0.165 e. The third kappa shape index (κ3) is 2.29. The molecule has 1 aliphatic carbocycles. The van der Waals surface area contributed by atoms with Crippen molar-refractivity contribution < 1.29 is 4.79 Å². The van der Waals surface area contributed by atoms with Gasteiger partial charge in [-0.1, -0.05) is 53.5 Å². The fourth-order valence-corrected chi connectivity index (χ4v) is 3.00. The number of rotatable bonds is 3. The van der Waals surface area contributed by atoms with Gasteiger partial charge < -0.3 is 0 Å². The molecule has 96 valence electrons. The van der Waals surface area contributed by atoms with Crippen molar-refractivity contribution in [3.8, 4) is 0 Å². The van der Waals surface area contributed by atoms with Crippen molar-refractivity contribution in [2.75, 3.05) is 0 Å². The third-order valence-electron chi connectivity index (χ3n) is 3.65. The van der Waals surface area contributed by atoms with Crippen LogP contribution in [0.5, 0.6) is 0 Å². The van der Waals surface area contributed by atoms with Crippen molar-refractivity contribution in [2.45, 2.75) is 18.8 Å². The van der Waals surface area contributed by atoms with Crippen molar-refractivity contribution in [3.05, 3.63) is 69.2 Å². The molecule has 3 heteroatoms. The van der Waals surface area contributed by atoms with E-state index < -0.39 is 0 Å². The fraction of sp³-hybridized carbons (Fsp3) is 0.188. The number of Topliss-reactive ketones (excluding diaryl/α,β-unsaturated/α-hetero) is 1. The van der Waals surface area contributed by atoms with Gasteiger partial charge in [-0.2, -0.15) is 0 Å². The number of carbonyl (C=O) groups excluding carboxylic acids is 1. The SMILES string of the molecule is O=C(CC1Cc2ccccc21)c1cccc(Cl)c1Cl. The first kappa shape index (κ1) is 12.7. The molecule has 1 atom stereocenters. The van der Waals surface area contributed by atoms with Crippen molar-refractivity contribution in [1.29, 1.82) is 0 Å². The fourth-order valence-electron chi connectivity index (χ4n) is 2.60. The van der Waals surface area contributed by atoms with Gasteiger partial charge in [-0.3, -0.25) is 4.79 Å². The van der Waals surface area contributed by atoms with Crippen LogP contribution < -0.4 is 0 Å². The van der Waals surface area contributed by atoms with E-state index in [4.69, 9.17) is 23.2 Å². The summed E-state index contributed by atoms with van der Waals surface area (Å²) in [5, 5.41) is 0.795. The average molecular weight is 291 g/mol. The van der Waals surface area contributed by atoms with E-state index in [9.17, 15) is 4.79 Å². The maximum Gasteiger partial charge on any atom is 0.165 e. The van der Waals surface area contributed by atoms with Gasteiger partial charge in [0.2, 0.25) is 0 Å². The maximum absolute atomic E-state index is 12.3. The van der Waals surface area contributed by atoms with E-state index in [1.165, 1.54) is 11.1 Å². The molecule has 0 aromatic heterocycles. The van der Waals surface area contributed by atoms with Crippen LogP contribution in [0.25, 0.3) is 0 Å². The zero-order valence-electron chi connectivity index (χ0n) is 10.2. The summed E-state index contributed by atoms with van der Waals surface area (Å²) in [6.07, 6.45) is 1.47. The second-order valence-electron chi connectivity index (χ2n) is 4.83. The molecule has 0 N–H and O–H groups in total. The molecule has 3 rings (SSSR count). The number of fused-ring (bicyclic) bond motifs is 1. The highest BCUT2D eigenvalue weighted by molar-refractivity contribution is 6.43. The highest BCUT2D eigenvalue weighted by Crippen LogP contribution is 2.38. The molecule has 1 nitrogen and oxygen atoms in total. The average Bonchev–Trinajstić information content (AvgIpc) is 2.39. The molecule has 0 bridgehead atoms. The van der Waals surface area contributed by atoms with Crippen LogP contribution in [0.15, 0.2) is 42.5 Å². The van der Waals surface area contributed by atoms with Crippen LogP contribution in [0.1, 0.15) is 33.8 Å². The minimum atomic E-state index is 0.0620. The lowest BCUT2D eigenvalue weighted by molar-refractivity contribution is 0.0970. The third-order valence-corrected chi connectivity index (χ3v) is 4.46. The number of halogens is 2. The normalized spacial score (nSPS) is 16.6. The van der Waals surface area contributed by atoms with Gasteiger partial charge in [0.15, 0.2) is 5.78 Å². The lowest BCUT2D eigenvalue weighted by Crippen LogP contribution is -2.20. The van der Waals surface area contributed by atoms with E-state index in [0.29, 0.717) is 27.9 Å². The number of hydrogen-bond acceptors (Lipinski definition) is 1. The van der Waals surface area contributed by atoms with Crippen LogP contribution in [-0.4, -0.2) is 5.78 Å². The van der Waals surface area contributed by atoms with Crippen molar-refractivity contribution >= 4 is 29.0 Å². The summed E-state index contributed by atoms with van der Waals surface area (Å²) in [5.41, 5.74) is 3.16. The largest absolute Gasteiger partial charge is 0.294 e. The summed E-state index contributed by atoms with van der Waals surface area (Å²) in [7, 11) is 0. The van der Waals surface area contributed by atoms with Crippen LogP contribution >= 0.6 is 23.2 Å². The van der Waals surface area contributed by atoms with Gasteiger partial charge in [-0.05, 0) is 35.6 Å². The van der Waals surface area contributed by atoms with Crippen molar-refractivity contribution in [3.63, 3.8) is 0 Å². The topological polar surface area (TPSA) is 17.1 Å². The maximum atomic E-state index is 12.3. The summed E-state index contributed by atoms with van der Waals surface area (Å²) >= 11 is 12.0. The standard InChI is InChI=1S/C16H12Cl2O/c17-14-7-3-6-13(16(14)18)15(19)9-11-8-10-4-1-2-5-12(10)11/h1-7,11H,8-9H2. The summed E-state index contributed by atoms with van der Waals surface area (Å²) in [6, 6.07) is 13.4. The molecule has 2 aromatic rings. The Labute approximate surface area is 122 Å². The molecule has 0 spiro atoms. The lowest BCUT2D eigenvalue weighted by Gasteiger charge is -2.29. The van der Waals surface area contributed by atoms with Crippen LogP contribution in [0.4, 0.5) is 0 Å². The van der Waals surface area contributed by atoms with Crippen molar-refractivity contribution in [1.82, 2.24) is 0 Å². The van der Waals surface area contributed by atoms with Gasteiger partial charge in [0.05, 0.1) is 10.0 Å². The molecular formula is C16H12Cl2O. The minimum Gasteiger partial charge on any atom is -0.294 e. The quantitative estimate of drug-likeness (QED) is 0.735. The molecule has 1 aliphatic rings. The number of hydrogen-bond donors (Lipinski definition) is 0. The Kier molecular flexibility index (Phi) is 3.34. The van der Waals surface area contributed by atoms with Crippen LogP contribution in [0.3, 0.4) is 0 Å². The molecule has 0 fully saturated rings. The van der Waals surface area contributed by atoms with Crippen LogP contribution in [0.2, 0.25) is 10.0 Å². The first-order valence-corrected chi connectivity index (χ1v) is 6.97. The summed E-state index contributed by atoms with van der Waals surface area (Å²) in [4.78, 5) is 12.3. The van der Waals surface area contributed by atoms with E-state index in [0.717, 1.165) is 6.42 Å². The van der Waals surface area contributed by atoms with Gasteiger partial charge in [0, 0.05) is 12.0 Å². The Balaban J connectivity index is 1.79. The Morgan fingerprint density at radius 2 is 1.89 bits per heavy atom. The van der Waals surface area contributed by atoms with Crippen LogP contribution in [-0.2, 0) is 6.42 Å². The van der Waals surface area contributed by atoms with Gasteiger partial charge in [0.25, 0.3) is 0 Å². The molecule has 0 radical (unpaired) electrons. The molecule has 0 saturated heterocycles. The summed E-state index contributed by atoms with van der Waals surface area (Å²) in [5.74, 6) is 0.380. The number of benzene rings is 2. The Bertz CT molecular complexity index is 649. The first-order valence-electron chi connectivity index (χ1n) is 6.22. The van der Waals surface area contributed by atoms with E-state index in [1.54, 1.807) is 18.2 Å². The van der Waals surface area contributed by atoms with Gasteiger partial charge in [-0.25, -0.2) is 0 Å². The van der Waals surface area contributed by atoms with Gasteiger partial charge in [-0.15, -0.1) is 0 Å².